The first kappa shape index (κ1) is 11.6. The number of nitriles is 1. The van der Waals surface area contributed by atoms with Gasteiger partial charge >= 0.3 is 0 Å². The summed E-state index contributed by atoms with van der Waals surface area (Å²) in [5.41, 5.74) is 1.56. The van der Waals surface area contributed by atoms with E-state index in [0.29, 0.717) is 17.9 Å². The first-order chi connectivity index (χ1) is 8.29. The molecule has 0 unspecified atom stereocenters. The van der Waals surface area contributed by atoms with Gasteiger partial charge in [-0.25, -0.2) is 4.98 Å². The van der Waals surface area contributed by atoms with Gasteiger partial charge in [0.25, 0.3) is 0 Å². The highest BCUT2D eigenvalue weighted by Gasteiger charge is 2.03. The van der Waals surface area contributed by atoms with Crippen molar-refractivity contribution in [2.45, 2.75) is 6.54 Å². The molecular weight excluding hydrogens is 280 g/mol. The Morgan fingerprint density at radius 2 is 2.29 bits per heavy atom. The number of nitrogens with zero attached hydrogens (tertiary/aromatic N) is 3. The van der Waals surface area contributed by atoms with Gasteiger partial charge in [0.1, 0.15) is 11.9 Å². The van der Waals surface area contributed by atoms with Crippen LogP contribution in [-0.4, -0.2) is 9.97 Å². The van der Waals surface area contributed by atoms with Gasteiger partial charge in [-0.1, -0.05) is 6.07 Å². The van der Waals surface area contributed by atoms with Crippen LogP contribution in [0, 0.1) is 11.3 Å². The van der Waals surface area contributed by atoms with Gasteiger partial charge in [-0.2, -0.15) is 5.26 Å². The second-order valence-electron chi connectivity index (χ2n) is 3.38. The molecule has 0 aliphatic rings. The lowest BCUT2D eigenvalue weighted by Gasteiger charge is -2.06. The van der Waals surface area contributed by atoms with Crippen LogP contribution in [0.4, 0.5) is 5.82 Å². The van der Waals surface area contributed by atoms with E-state index in [2.05, 4.69) is 37.3 Å². The van der Waals surface area contributed by atoms with E-state index in [9.17, 15) is 0 Å². The summed E-state index contributed by atoms with van der Waals surface area (Å²) in [6, 6.07) is 7.67. The molecule has 0 radical (unpaired) electrons. The van der Waals surface area contributed by atoms with E-state index in [4.69, 9.17) is 5.26 Å². The van der Waals surface area contributed by atoms with Gasteiger partial charge < -0.3 is 5.32 Å². The lowest BCUT2D eigenvalue weighted by Crippen LogP contribution is -2.03. The zero-order valence-electron chi connectivity index (χ0n) is 8.89. The molecule has 0 aromatic carbocycles. The third kappa shape index (κ3) is 3.02. The van der Waals surface area contributed by atoms with E-state index >= 15 is 0 Å². The van der Waals surface area contributed by atoms with E-state index in [-0.39, 0.29) is 0 Å². The molecule has 0 bridgehead atoms. The molecule has 1 N–H and O–H groups in total. The van der Waals surface area contributed by atoms with Crippen molar-refractivity contribution in [3.8, 4) is 6.07 Å². The van der Waals surface area contributed by atoms with Gasteiger partial charge in [0.2, 0.25) is 0 Å². The molecule has 0 aliphatic heterocycles. The third-order valence-corrected chi connectivity index (χ3v) is 2.59. The summed E-state index contributed by atoms with van der Waals surface area (Å²) < 4.78 is 0.793. The molecule has 0 atom stereocenters. The highest BCUT2D eigenvalue weighted by Crippen LogP contribution is 2.17. The molecule has 2 heterocycles. The van der Waals surface area contributed by atoms with E-state index < -0.39 is 0 Å². The fraction of sp³-hybridized carbons (Fsp3) is 0.0833. The number of rotatable bonds is 3. The molecule has 84 valence electrons. The maximum atomic E-state index is 8.98. The molecule has 2 aromatic rings. The number of nitrogens with one attached hydrogen (secondary N) is 1. The number of pyridine rings is 2. The van der Waals surface area contributed by atoms with Crippen molar-refractivity contribution in [1.82, 2.24) is 9.97 Å². The van der Waals surface area contributed by atoms with Crippen LogP contribution in [0.25, 0.3) is 0 Å². The quantitative estimate of drug-likeness (QED) is 0.943. The molecule has 2 aromatic heterocycles. The largest absolute Gasteiger partial charge is 0.365 e. The number of anilines is 1. The Balaban J connectivity index is 2.12. The summed E-state index contributed by atoms with van der Waals surface area (Å²) in [6.07, 6.45) is 5.16. The summed E-state index contributed by atoms with van der Waals surface area (Å²) in [7, 11) is 0. The molecule has 5 heteroatoms. The minimum absolute atomic E-state index is 0.517. The van der Waals surface area contributed by atoms with Gasteiger partial charge in [-0.3, -0.25) is 4.98 Å². The summed E-state index contributed by atoms with van der Waals surface area (Å²) in [5, 5.41) is 12.1. The lowest BCUT2D eigenvalue weighted by molar-refractivity contribution is 1.08. The molecule has 0 spiro atoms. The van der Waals surface area contributed by atoms with Crippen molar-refractivity contribution in [2.24, 2.45) is 0 Å². The number of hydrogen-bond donors (Lipinski definition) is 1. The Bertz CT molecular complexity index is 548. The highest BCUT2D eigenvalue weighted by molar-refractivity contribution is 9.10. The van der Waals surface area contributed by atoms with Crippen LogP contribution in [0.1, 0.15) is 11.1 Å². The molecule has 0 saturated carbocycles. The van der Waals surface area contributed by atoms with Crippen molar-refractivity contribution >= 4 is 21.7 Å². The predicted molar refractivity (Wildman–Crippen MR) is 68.2 cm³/mol. The van der Waals surface area contributed by atoms with Crippen LogP contribution in [-0.2, 0) is 6.54 Å². The fourth-order valence-electron chi connectivity index (χ4n) is 1.35. The van der Waals surface area contributed by atoms with Crippen molar-refractivity contribution in [3.05, 3.63) is 52.4 Å². The van der Waals surface area contributed by atoms with Crippen LogP contribution < -0.4 is 5.32 Å². The molecule has 0 saturated heterocycles. The zero-order chi connectivity index (χ0) is 12.1. The smallest absolute Gasteiger partial charge is 0.144 e. The number of hydrogen-bond acceptors (Lipinski definition) is 4. The molecule has 0 fully saturated rings. The maximum Gasteiger partial charge on any atom is 0.144 e. The topological polar surface area (TPSA) is 61.6 Å². The van der Waals surface area contributed by atoms with E-state index in [1.165, 1.54) is 0 Å². The van der Waals surface area contributed by atoms with E-state index in [0.717, 1.165) is 10.0 Å². The first-order valence-electron chi connectivity index (χ1n) is 4.98. The molecule has 4 nitrogen and oxygen atoms in total. The van der Waals surface area contributed by atoms with Crippen LogP contribution in [0.5, 0.6) is 0 Å². The van der Waals surface area contributed by atoms with Crippen molar-refractivity contribution < 1.29 is 0 Å². The van der Waals surface area contributed by atoms with Crippen LogP contribution in [0.2, 0.25) is 0 Å². The molecular formula is C12H9BrN4. The van der Waals surface area contributed by atoms with Gasteiger partial charge in [-0.05, 0) is 33.6 Å². The van der Waals surface area contributed by atoms with Gasteiger partial charge in [-0.15, -0.1) is 0 Å². The molecule has 0 amide bonds. The third-order valence-electron chi connectivity index (χ3n) is 2.16. The number of halogens is 1. The Kier molecular flexibility index (Phi) is 3.68. The SMILES string of the molecule is N#Cc1cc(Br)cnc1NCc1cccnc1. The molecule has 17 heavy (non-hydrogen) atoms. The Morgan fingerprint density at radius 3 is 3.00 bits per heavy atom. The summed E-state index contributed by atoms with van der Waals surface area (Å²) in [4.78, 5) is 8.18. The second kappa shape index (κ2) is 5.41. The summed E-state index contributed by atoms with van der Waals surface area (Å²) in [6.45, 7) is 0.594. The van der Waals surface area contributed by atoms with Crippen molar-refractivity contribution in [3.63, 3.8) is 0 Å². The van der Waals surface area contributed by atoms with E-state index in [1.54, 1.807) is 24.7 Å². The lowest BCUT2D eigenvalue weighted by atomic mass is 10.2. The van der Waals surface area contributed by atoms with Gasteiger partial charge in [0.15, 0.2) is 0 Å². The minimum Gasteiger partial charge on any atom is -0.365 e. The standard InChI is InChI=1S/C12H9BrN4/c13-11-4-10(5-14)12(17-8-11)16-7-9-2-1-3-15-6-9/h1-4,6,8H,7H2,(H,16,17). The van der Waals surface area contributed by atoms with Crippen LogP contribution >= 0.6 is 15.9 Å². The van der Waals surface area contributed by atoms with Crippen molar-refractivity contribution in [1.29, 1.82) is 5.26 Å². The average molecular weight is 289 g/mol. The van der Waals surface area contributed by atoms with Gasteiger partial charge in [0, 0.05) is 29.6 Å². The second-order valence-corrected chi connectivity index (χ2v) is 4.29. The zero-order valence-corrected chi connectivity index (χ0v) is 10.5. The first-order valence-corrected chi connectivity index (χ1v) is 5.77. The fourth-order valence-corrected chi connectivity index (χ4v) is 1.69. The highest BCUT2D eigenvalue weighted by atomic mass is 79.9. The Hall–Kier alpha value is -1.93. The van der Waals surface area contributed by atoms with Crippen LogP contribution in [0.3, 0.4) is 0 Å². The average Bonchev–Trinajstić information content (AvgIpc) is 2.38. The minimum atomic E-state index is 0.517. The monoisotopic (exact) mass is 288 g/mol. The maximum absolute atomic E-state index is 8.98. The molecule has 2 rings (SSSR count). The van der Waals surface area contributed by atoms with E-state index in [1.807, 2.05) is 12.1 Å². The van der Waals surface area contributed by atoms with Crippen LogP contribution in [0.15, 0.2) is 41.3 Å². The van der Waals surface area contributed by atoms with Crippen molar-refractivity contribution in [2.75, 3.05) is 5.32 Å². The normalized spacial score (nSPS) is 9.65. The predicted octanol–water partition coefficient (Wildman–Crippen LogP) is 2.72. The summed E-state index contributed by atoms with van der Waals surface area (Å²) in [5.74, 6) is 0.583. The Labute approximate surface area is 107 Å². The van der Waals surface area contributed by atoms with Gasteiger partial charge in [0.05, 0.1) is 5.56 Å². The Morgan fingerprint density at radius 1 is 1.41 bits per heavy atom. The molecule has 0 aliphatic carbocycles. The summed E-state index contributed by atoms with van der Waals surface area (Å²) >= 11 is 3.28. The number of aromatic nitrogens is 2.